The second-order valence-corrected chi connectivity index (χ2v) is 10.3. The number of rotatable bonds is 11. The molecular weight excluding hydrogens is 462 g/mol. The number of benzene rings is 2. The molecule has 0 saturated heterocycles. The maximum atomic E-state index is 13.4. The zero-order valence-electron chi connectivity index (χ0n) is 19.5. The van der Waals surface area contributed by atoms with Gasteiger partial charge in [0.15, 0.2) is 0 Å². The van der Waals surface area contributed by atoms with Gasteiger partial charge in [0.2, 0.25) is 21.8 Å². The van der Waals surface area contributed by atoms with Crippen molar-refractivity contribution in [1.29, 1.82) is 0 Å². The topological polar surface area (TPSA) is 86.8 Å². The number of sulfonamides is 1. The standard InChI is InChI=1S/C24H32ClN3O4S/c1-5-14-26-24(30)19(3)27(15-13-20-9-7-6-8-10-20)23(29)17-28(33(4,31)32)22-12-11-21(25)16-18(22)2/h6-12,16,19H,5,13-15,17H2,1-4H3,(H,26,30)/t19-/m0/s1. The van der Waals surface area contributed by atoms with Gasteiger partial charge in [-0.25, -0.2) is 8.42 Å². The third-order valence-corrected chi connectivity index (χ3v) is 6.67. The van der Waals surface area contributed by atoms with Crippen LogP contribution in [0, 0.1) is 6.92 Å². The van der Waals surface area contributed by atoms with Crippen molar-refractivity contribution >= 4 is 39.1 Å². The zero-order valence-corrected chi connectivity index (χ0v) is 21.1. The lowest BCUT2D eigenvalue weighted by molar-refractivity contribution is -0.138. The highest BCUT2D eigenvalue weighted by Gasteiger charge is 2.30. The largest absolute Gasteiger partial charge is 0.354 e. The van der Waals surface area contributed by atoms with E-state index in [1.54, 1.807) is 32.0 Å². The molecule has 0 aromatic heterocycles. The van der Waals surface area contributed by atoms with Gasteiger partial charge in [-0.2, -0.15) is 0 Å². The first kappa shape index (κ1) is 26.7. The highest BCUT2D eigenvalue weighted by atomic mass is 35.5. The molecule has 0 aliphatic rings. The quantitative estimate of drug-likeness (QED) is 0.519. The number of amides is 2. The van der Waals surface area contributed by atoms with Crippen LogP contribution in [0.5, 0.6) is 0 Å². The summed E-state index contributed by atoms with van der Waals surface area (Å²) in [5.74, 6) is -0.725. The molecule has 1 N–H and O–H groups in total. The average molecular weight is 494 g/mol. The van der Waals surface area contributed by atoms with E-state index in [0.717, 1.165) is 22.5 Å². The lowest BCUT2D eigenvalue weighted by Gasteiger charge is -2.32. The van der Waals surface area contributed by atoms with E-state index in [1.807, 2.05) is 37.3 Å². The van der Waals surface area contributed by atoms with Crippen molar-refractivity contribution in [2.45, 2.75) is 39.7 Å². The van der Waals surface area contributed by atoms with Crippen molar-refractivity contribution in [3.8, 4) is 0 Å². The number of hydrogen-bond donors (Lipinski definition) is 1. The van der Waals surface area contributed by atoms with Gasteiger partial charge in [-0.15, -0.1) is 0 Å². The molecule has 2 amide bonds. The molecule has 2 aromatic rings. The van der Waals surface area contributed by atoms with Crippen molar-refractivity contribution in [3.63, 3.8) is 0 Å². The van der Waals surface area contributed by atoms with Crippen LogP contribution in [-0.2, 0) is 26.0 Å². The number of carbonyl (C=O) groups is 2. The molecule has 0 fully saturated rings. The average Bonchev–Trinajstić information content (AvgIpc) is 2.76. The van der Waals surface area contributed by atoms with Crippen molar-refractivity contribution in [3.05, 3.63) is 64.7 Å². The van der Waals surface area contributed by atoms with E-state index in [-0.39, 0.29) is 12.5 Å². The Morgan fingerprint density at radius 2 is 1.79 bits per heavy atom. The van der Waals surface area contributed by atoms with E-state index < -0.39 is 28.5 Å². The molecule has 33 heavy (non-hydrogen) atoms. The van der Waals surface area contributed by atoms with Crippen LogP contribution in [0.3, 0.4) is 0 Å². The number of nitrogens with zero attached hydrogens (tertiary/aromatic N) is 2. The number of nitrogens with one attached hydrogen (secondary N) is 1. The molecule has 0 saturated carbocycles. The smallest absolute Gasteiger partial charge is 0.244 e. The number of aryl methyl sites for hydroxylation is 1. The fourth-order valence-corrected chi connectivity index (χ4v) is 4.59. The zero-order chi connectivity index (χ0) is 24.6. The van der Waals surface area contributed by atoms with Gasteiger partial charge in [-0.1, -0.05) is 48.9 Å². The van der Waals surface area contributed by atoms with Crippen LogP contribution in [0.1, 0.15) is 31.4 Å². The predicted octanol–water partition coefficient (Wildman–Crippen LogP) is 3.40. The molecule has 1 atom stereocenters. The fourth-order valence-electron chi connectivity index (χ4n) is 3.46. The minimum atomic E-state index is -3.77. The summed E-state index contributed by atoms with van der Waals surface area (Å²) in [4.78, 5) is 27.5. The van der Waals surface area contributed by atoms with Crippen LogP contribution < -0.4 is 9.62 Å². The van der Waals surface area contributed by atoms with Crippen LogP contribution in [0.2, 0.25) is 5.02 Å². The molecule has 0 aliphatic carbocycles. The van der Waals surface area contributed by atoms with Crippen molar-refractivity contribution in [1.82, 2.24) is 10.2 Å². The number of anilines is 1. The van der Waals surface area contributed by atoms with E-state index in [2.05, 4.69) is 5.32 Å². The van der Waals surface area contributed by atoms with Crippen LogP contribution in [0.15, 0.2) is 48.5 Å². The van der Waals surface area contributed by atoms with Crippen LogP contribution >= 0.6 is 11.6 Å². The van der Waals surface area contributed by atoms with Gasteiger partial charge >= 0.3 is 0 Å². The van der Waals surface area contributed by atoms with E-state index in [0.29, 0.717) is 29.2 Å². The molecule has 2 aromatic carbocycles. The van der Waals surface area contributed by atoms with Crippen molar-refractivity contribution < 1.29 is 18.0 Å². The SMILES string of the molecule is CCCNC(=O)[C@H](C)N(CCc1ccccc1)C(=O)CN(c1ccc(Cl)cc1C)S(C)(=O)=O. The summed E-state index contributed by atoms with van der Waals surface area (Å²) in [7, 11) is -3.77. The maximum absolute atomic E-state index is 13.4. The molecule has 0 bridgehead atoms. The summed E-state index contributed by atoms with van der Waals surface area (Å²) in [6.07, 6.45) is 2.37. The van der Waals surface area contributed by atoms with Crippen LogP contribution in [0.25, 0.3) is 0 Å². The maximum Gasteiger partial charge on any atom is 0.244 e. The first-order valence-electron chi connectivity index (χ1n) is 10.9. The summed E-state index contributed by atoms with van der Waals surface area (Å²) in [5.41, 5.74) is 2.02. The third kappa shape index (κ3) is 7.75. The van der Waals surface area contributed by atoms with Crippen LogP contribution in [-0.4, -0.2) is 57.1 Å². The highest BCUT2D eigenvalue weighted by Crippen LogP contribution is 2.26. The lowest BCUT2D eigenvalue weighted by Crippen LogP contribution is -2.52. The van der Waals surface area contributed by atoms with Gasteiger partial charge in [-0.3, -0.25) is 13.9 Å². The fraction of sp³-hybridized carbons (Fsp3) is 0.417. The number of carbonyl (C=O) groups excluding carboxylic acids is 2. The molecule has 0 radical (unpaired) electrons. The first-order valence-corrected chi connectivity index (χ1v) is 13.1. The Bertz CT molecular complexity index is 1060. The Morgan fingerprint density at radius 1 is 1.12 bits per heavy atom. The van der Waals surface area contributed by atoms with Gasteiger partial charge in [0.05, 0.1) is 11.9 Å². The van der Waals surface area contributed by atoms with E-state index in [1.165, 1.54) is 4.90 Å². The first-order chi connectivity index (χ1) is 15.5. The molecule has 0 aliphatic heterocycles. The predicted molar refractivity (Wildman–Crippen MR) is 133 cm³/mol. The highest BCUT2D eigenvalue weighted by molar-refractivity contribution is 7.92. The van der Waals surface area contributed by atoms with Crippen molar-refractivity contribution in [2.75, 3.05) is 30.2 Å². The summed E-state index contributed by atoms with van der Waals surface area (Å²) in [6.45, 7) is 5.71. The molecule has 9 heteroatoms. The summed E-state index contributed by atoms with van der Waals surface area (Å²) >= 11 is 6.02. The molecule has 0 unspecified atom stereocenters. The van der Waals surface area contributed by atoms with Gasteiger partial charge in [0.1, 0.15) is 12.6 Å². The Balaban J connectivity index is 2.32. The summed E-state index contributed by atoms with van der Waals surface area (Å²) in [5, 5.41) is 3.29. The monoisotopic (exact) mass is 493 g/mol. The molecule has 180 valence electrons. The molecule has 0 spiro atoms. The number of halogens is 1. The Labute approximate surface area is 201 Å². The van der Waals surface area contributed by atoms with Crippen LogP contribution in [0.4, 0.5) is 5.69 Å². The Hall–Kier alpha value is -2.58. The Kier molecular flexibility index (Phi) is 9.73. The molecular formula is C24H32ClN3O4S. The second kappa shape index (κ2) is 12.0. The van der Waals surface area contributed by atoms with Gasteiger partial charge in [0, 0.05) is 18.1 Å². The Morgan fingerprint density at radius 3 is 2.36 bits per heavy atom. The molecule has 0 heterocycles. The van der Waals surface area contributed by atoms with E-state index in [9.17, 15) is 18.0 Å². The van der Waals surface area contributed by atoms with Crippen molar-refractivity contribution in [2.24, 2.45) is 0 Å². The summed E-state index contributed by atoms with van der Waals surface area (Å²) < 4.78 is 26.3. The van der Waals surface area contributed by atoms with Gasteiger partial charge in [-0.05, 0) is 56.0 Å². The van der Waals surface area contributed by atoms with E-state index in [4.69, 9.17) is 11.6 Å². The summed E-state index contributed by atoms with van der Waals surface area (Å²) in [6, 6.07) is 13.7. The second-order valence-electron chi connectivity index (χ2n) is 7.99. The van der Waals surface area contributed by atoms with Gasteiger partial charge in [0.25, 0.3) is 0 Å². The van der Waals surface area contributed by atoms with Gasteiger partial charge < -0.3 is 10.2 Å². The minimum Gasteiger partial charge on any atom is -0.354 e. The minimum absolute atomic E-state index is 0.271. The molecule has 2 rings (SSSR count). The van der Waals surface area contributed by atoms with E-state index >= 15 is 0 Å². The third-order valence-electron chi connectivity index (χ3n) is 5.31. The molecule has 7 nitrogen and oxygen atoms in total. The lowest BCUT2D eigenvalue weighted by atomic mass is 10.1. The normalized spacial score (nSPS) is 12.2. The number of hydrogen-bond acceptors (Lipinski definition) is 4.